The third kappa shape index (κ3) is 4.30. The summed E-state index contributed by atoms with van der Waals surface area (Å²) in [6.45, 7) is 7.64. The zero-order valence-corrected chi connectivity index (χ0v) is 8.40. The van der Waals surface area contributed by atoms with Crippen molar-refractivity contribution in [3.05, 3.63) is 0 Å². The molecule has 0 spiro atoms. The average Bonchev–Trinajstić information content (AvgIpc) is 1.56. The van der Waals surface area contributed by atoms with E-state index < -0.39 is 10.7 Å². The van der Waals surface area contributed by atoms with Crippen LogP contribution < -0.4 is 0 Å². The van der Waals surface area contributed by atoms with E-state index in [2.05, 4.69) is 12.6 Å². The van der Waals surface area contributed by atoms with Gasteiger partial charge in [0, 0.05) is 0 Å². The van der Waals surface area contributed by atoms with Gasteiger partial charge in [-0.3, -0.25) is 4.79 Å². The molecule has 1 N–H and O–H groups in total. The minimum atomic E-state index is -0.905. The second kappa shape index (κ2) is 3.05. The van der Waals surface area contributed by atoms with Crippen LogP contribution in [0.25, 0.3) is 0 Å². The molecule has 0 saturated heterocycles. The summed E-state index contributed by atoms with van der Waals surface area (Å²) in [5, 5.41) is 8.73. The predicted molar refractivity (Wildman–Crippen MR) is 49.1 cm³/mol. The van der Waals surface area contributed by atoms with Gasteiger partial charge in [0.15, 0.2) is 0 Å². The van der Waals surface area contributed by atoms with Gasteiger partial charge >= 0.3 is 5.97 Å². The largest absolute Gasteiger partial charge is 0.480 e. The fourth-order valence-corrected chi connectivity index (χ4v) is 1.58. The van der Waals surface area contributed by atoms with Crippen molar-refractivity contribution in [3.63, 3.8) is 0 Å². The van der Waals surface area contributed by atoms with E-state index in [4.69, 9.17) is 5.11 Å². The quantitative estimate of drug-likeness (QED) is 0.633. The number of thiol groups is 1. The van der Waals surface area contributed by atoms with Gasteiger partial charge in [-0.15, -0.1) is 0 Å². The number of hydrogen-bond donors (Lipinski definition) is 2. The molecule has 0 saturated carbocycles. The molecule has 0 rings (SSSR count). The topological polar surface area (TPSA) is 37.3 Å². The first-order chi connectivity index (χ1) is 4.65. The van der Waals surface area contributed by atoms with Gasteiger partial charge in [0.05, 0.1) is 0 Å². The van der Waals surface area contributed by atoms with E-state index in [1.807, 2.05) is 20.8 Å². The minimum absolute atomic E-state index is 0.00882. The van der Waals surface area contributed by atoms with Crippen molar-refractivity contribution >= 4 is 18.6 Å². The maximum absolute atomic E-state index is 10.6. The molecule has 0 aliphatic heterocycles. The third-order valence-corrected chi connectivity index (χ3v) is 1.68. The highest BCUT2D eigenvalue weighted by molar-refractivity contribution is 7.82. The fraction of sp³-hybridized carbons (Fsp3) is 0.875. The third-order valence-electron chi connectivity index (χ3n) is 1.34. The number of carbonyl (C=O) groups is 1. The Balaban J connectivity index is 4.25. The summed E-state index contributed by atoms with van der Waals surface area (Å²) in [6, 6.07) is 0. The van der Waals surface area contributed by atoms with Crippen molar-refractivity contribution in [3.8, 4) is 0 Å². The lowest BCUT2D eigenvalue weighted by molar-refractivity contribution is -0.140. The first kappa shape index (κ1) is 10.8. The molecule has 0 aromatic carbocycles. The van der Waals surface area contributed by atoms with Gasteiger partial charge in [-0.2, -0.15) is 12.6 Å². The highest BCUT2D eigenvalue weighted by Gasteiger charge is 2.33. The summed E-state index contributed by atoms with van der Waals surface area (Å²) in [4.78, 5) is 10.6. The Morgan fingerprint density at radius 2 is 1.73 bits per heavy atom. The number of hydrogen-bond acceptors (Lipinski definition) is 2. The van der Waals surface area contributed by atoms with Gasteiger partial charge in [-0.25, -0.2) is 0 Å². The second-order valence-corrected chi connectivity index (χ2v) is 5.30. The molecule has 0 radical (unpaired) electrons. The normalized spacial score (nSPS) is 17.5. The van der Waals surface area contributed by atoms with Gasteiger partial charge < -0.3 is 5.11 Å². The molecule has 0 amide bonds. The van der Waals surface area contributed by atoms with Gasteiger partial charge in [0.1, 0.15) is 4.75 Å². The molecule has 0 aliphatic rings. The van der Waals surface area contributed by atoms with Gasteiger partial charge in [0.25, 0.3) is 0 Å². The average molecular weight is 176 g/mol. The van der Waals surface area contributed by atoms with Crippen LogP contribution in [0, 0.1) is 5.41 Å². The van der Waals surface area contributed by atoms with Crippen LogP contribution in [0.3, 0.4) is 0 Å². The van der Waals surface area contributed by atoms with E-state index >= 15 is 0 Å². The Hall–Kier alpha value is -0.180. The van der Waals surface area contributed by atoms with Crippen LogP contribution in [0.15, 0.2) is 0 Å². The molecular weight excluding hydrogens is 160 g/mol. The van der Waals surface area contributed by atoms with Gasteiger partial charge in [-0.1, -0.05) is 20.8 Å². The summed E-state index contributed by atoms with van der Waals surface area (Å²) in [7, 11) is 0. The summed E-state index contributed by atoms with van der Waals surface area (Å²) in [5.41, 5.74) is 0.00882. The molecule has 3 heteroatoms. The monoisotopic (exact) mass is 176 g/mol. The van der Waals surface area contributed by atoms with Crippen LogP contribution in [0.5, 0.6) is 0 Å². The number of carboxylic acid groups (broad SMARTS) is 1. The maximum Gasteiger partial charge on any atom is 0.319 e. The SMILES string of the molecule is CC(C)(C)CC(C)(S)C(=O)O. The highest BCUT2D eigenvalue weighted by Crippen LogP contribution is 2.31. The molecule has 0 aliphatic carbocycles. The summed E-state index contributed by atoms with van der Waals surface area (Å²) in [5.74, 6) is -0.851. The second-order valence-electron chi connectivity index (χ2n) is 4.32. The molecule has 0 fully saturated rings. The van der Waals surface area contributed by atoms with Crippen molar-refractivity contribution in [2.24, 2.45) is 5.41 Å². The standard InChI is InChI=1S/C8H16O2S/c1-7(2,3)5-8(4,11)6(9)10/h11H,5H2,1-4H3,(H,9,10). The van der Waals surface area contributed by atoms with Crippen LogP contribution in [0.2, 0.25) is 0 Å². The van der Waals surface area contributed by atoms with Crippen LogP contribution >= 0.6 is 12.6 Å². The number of rotatable bonds is 2. The molecular formula is C8H16O2S. The van der Waals surface area contributed by atoms with E-state index in [-0.39, 0.29) is 5.41 Å². The molecule has 1 atom stereocenters. The molecule has 11 heavy (non-hydrogen) atoms. The van der Waals surface area contributed by atoms with Crippen molar-refractivity contribution in [2.75, 3.05) is 0 Å². The maximum atomic E-state index is 10.6. The summed E-state index contributed by atoms with van der Waals surface area (Å²) < 4.78 is -0.905. The summed E-state index contributed by atoms with van der Waals surface area (Å²) in [6.07, 6.45) is 0.568. The van der Waals surface area contributed by atoms with E-state index in [0.29, 0.717) is 6.42 Å². The first-order valence-corrected chi connectivity index (χ1v) is 4.06. The molecule has 0 aromatic rings. The van der Waals surface area contributed by atoms with Gasteiger partial charge in [0.2, 0.25) is 0 Å². The predicted octanol–water partition coefficient (Wildman–Crippen LogP) is 2.20. The fourth-order valence-electron chi connectivity index (χ4n) is 1.11. The van der Waals surface area contributed by atoms with Crippen LogP contribution in [-0.2, 0) is 4.79 Å². The Morgan fingerprint density at radius 1 is 1.36 bits per heavy atom. The minimum Gasteiger partial charge on any atom is -0.480 e. The highest BCUT2D eigenvalue weighted by atomic mass is 32.1. The molecule has 0 bridgehead atoms. The molecule has 2 nitrogen and oxygen atoms in total. The van der Waals surface area contributed by atoms with E-state index in [9.17, 15) is 4.79 Å². The molecule has 0 heterocycles. The van der Waals surface area contributed by atoms with E-state index in [0.717, 1.165) is 0 Å². The molecule has 1 unspecified atom stereocenters. The lowest BCUT2D eigenvalue weighted by atomic mass is 9.85. The van der Waals surface area contributed by atoms with Crippen LogP contribution in [0.1, 0.15) is 34.1 Å². The summed E-state index contributed by atoms with van der Waals surface area (Å²) >= 11 is 4.08. The lowest BCUT2D eigenvalue weighted by Gasteiger charge is -2.27. The van der Waals surface area contributed by atoms with E-state index in [1.165, 1.54) is 0 Å². The Morgan fingerprint density at radius 3 is 1.82 bits per heavy atom. The smallest absolute Gasteiger partial charge is 0.319 e. The van der Waals surface area contributed by atoms with Crippen molar-refractivity contribution in [1.29, 1.82) is 0 Å². The van der Waals surface area contributed by atoms with Crippen molar-refractivity contribution < 1.29 is 9.90 Å². The Kier molecular flexibility index (Phi) is 3.00. The zero-order valence-electron chi connectivity index (χ0n) is 7.51. The van der Waals surface area contributed by atoms with Gasteiger partial charge in [-0.05, 0) is 18.8 Å². The van der Waals surface area contributed by atoms with E-state index in [1.54, 1.807) is 6.92 Å². The van der Waals surface area contributed by atoms with Crippen molar-refractivity contribution in [2.45, 2.75) is 38.9 Å². The zero-order chi connectivity index (χ0) is 9.28. The first-order valence-electron chi connectivity index (χ1n) is 3.61. The number of carboxylic acids is 1. The van der Waals surface area contributed by atoms with Crippen molar-refractivity contribution in [1.82, 2.24) is 0 Å². The Labute approximate surface area is 73.4 Å². The molecule has 66 valence electrons. The Bertz CT molecular complexity index is 156. The number of aliphatic carboxylic acids is 1. The van der Waals surface area contributed by atoms with Crippen LogP contribution in [0.4, 0.5) is 0 Å². The lowest BCUT2D eigenvalue weighted by Crippen LogP contribution is -2.33. The molecule has 0 aromatic heterocycles. The van der Waals surface area contributed by atoms with Crippen LogP contribution in [-0.4, -0.2) is 15.8 Å².